The van der Waals surface area contributed by atoms with Gasteiger partial charge in [-0.1, -0.05) is 60.2 Å². The molecule has 0 fully saturated rings. The highest BCUT2D eigenvalue weighted by Crippen LogP contribution is 2.41. The number of hydrogen-bond acceptors (Lipinski definition) is 3. The van der Waals surface area contributed by atoms with Crippen molar-refractivity contribution in [3.05, 3.63) is 83.9 Å². The van der Waals surface area contributed by atoms with Crippen molar-refractivity contribution in [2.24, 2.45) is 0 Å². The molecule has 0 saturated heterocycles. The van der Waals surface area contributed by atoms with Crippen LogP contribution in [0.15, 0.2) is 77.7 Å². The molecule has 4 rings (SSSR count). The van der Waals surface area contributed by atoms with E-state index in [-0.39, 0.29) is 11.4 Å². The molecule has 1 atom stereocenters. The summed E-state index contributed by atoms with van der Waals surface area (Å²) in [6, 6.07) is 21.7. The predicted octanol–water partition coefficient (Wildman–Crippen LogP) is 3.90. The zero-order chi connectivity index (χ0) is 18.3. The molecule has 1 unspecified atom stereocenters. The Kier molecular flexibility index (Phi) is 4.05. The number of β-amino-alcohol motifs (C(OH)–C–C–N with tert-alkyl or cyclic N) is 1. The Labute approximate surface area is 153 Å². The van der Waals surface area contributed by atoms with Gasteiger partial charge in [0, 0.05) is 5.56 Å². The number of hydrogen-bond donors (Lipinski definition) is 1. The van der Waals surface area contributed by atoms with Crippen molar-refractivity contribution in [3.8, 4) is 11.1 Å². The Bertz CT molecular complexity index is 1060. The molecule has 3 aromatic carbocycles. The lowest BCUT2D eigenvalue weighted by atomic mass is 9.97. The second-order valence-corrected chi connectivity index (χ2v) is 8.33. The number of fused-ring (bicyclic) bond motifs is 3. The van der Waals surface area contributed by atoms with Gasteiger partial charge in [0.1, 0.15) is 0 Å². The maximum atomic E-state index is 13.3. The maximum absolute atomic E-state index is 13.3. The van der Waals surface area contributed by atoms with Gasteiger partial charge in [-0.05, 0) is 36.2 Å². The second-order valence-electron chi connectivity index (χ2n) is 6.47. The van der Waals surface area contributed by atoms with Gasteiger partial charge < -0.3 is 5.11 Å². The van der Waals surface area contributed by atoms with Gasteiger partial charge in [-0.25, -0.2) is 8.42 Å². The first-order valence-corrected chi connectivity index (χ1v) is 9.88. The van der Waals surface area contributed by atoms with Crippen LogP contribution in [0.2, 0.25) is 0 Å². The number of aliphatic hydroxyl groups is 1. The van der Waals surface area contributed by atoms with Gasteiger partial charge >= 0.3 is 0 Å². The van der Waals surface area contributed by atoms with Crippen molar-refractivity contribution in [2.45, 2.75) is 17.9 Å². The first-order valence-electron chi connectivity index (χ1n) is 8.44. The highest BCUT2D eigenvalue weighted by atomic mass is 32.2. The summed E-state index contributed by atoms with van der Waals surface area (Å²) in [6.07, 6.45) is -0.904. The smallest absolute Gasteiger partial charge is 0.264 e. The van der Waals surface area contributed by atoms with E-state index in [1.807, 2.05) is 49.4 Å². The van der Waals surface area contributed by atoms with Crippen molar-refractivity contribution in [2.75, 3.05) is 10.8 Å². The minimum Gasteiger partial charge on any atom is -0.386 e. The summed E-state index contributed by atoms with van der Waals surface area (Å²) in [5.41, 5.74) is 3.97. The molecular weight excluding hydrogens is 346 g/mol. The number of rotatable bonds is 2. The maximum Gasteiger partial charge on any atom is 0.264 e. The Morgan fingerprint density at radius 3 is 2.23 bits per heavy atom. The third-order valence-corrected chi connectivity index (χ3v) is 6.52. The summed E-state index contributed by atoms with van der Waals surface area (Å²) >= 11 is 0. The number of aliphatic hydroxyl groups excluding tert-OH is 1. The number of nitrogens with zero attached hydrogens (tertiary/aromatic N) is 1. The van der Waals surface area contributed by atoms with Gasteiger partial charge in [-0.2, -0.15) is 0 Å². The van der Waals surface area contributed by atoms with E-state index in [1.165, 1.54) is 4.31 Å². The molecule has 1 heterocycles. The summed E-state index contributed by atoms with van der Waals surface area (Å²) in [5.74, 6) is 0. The molecule has 132 valence electrons. The number of sulfonamides is 1. The van der Waals surface area contributed by atoms with Gasteiger partial charge in [0.25, 0.3) is 10.0 Å². The molecular formula is C21H19NO3S. The number of anilines is 1. The van der Waals surface area contributed by atoms with Crippen molar-refractivity contribution in [1.29, 1.82) is 0 Å². The molecule has 5 heteroatoms. The van der Waals surface area contributed by atoms with Crippen molar-refractivity contribution < 1.29 is 13.5 Å². The Morgan fingerprint density at radius 2 is 1.50 bits per heavy atom. The summed E-state index contributed by atoms with van der Waals surface area (Å²) in [7, 11) is -3.79. The second kappa shape index (κ2) is 6.27. The third-order valence-electron chi connectivity index (χ3n) is 4.73. The normalized spacial score (nSPS) is 16.5. The van der Waals surface area contributed by atoms with Gasteiger partial charge in [0.15, 0.2) is 0 Å². The molecule has 1 N–H and O–H groups in total. The Hall–Kier alpha value is -2.63. The number of aryl methyl sites for hydroxylation is 1. The van der Waals surface area contributed by atoms with Gasteiger partial charge in [0.2, 0.25) is 0 Å². The zero-order valence-corrected chi connectivity index (χ0v) is 15.1. The largest absolute Gasteiger partial charge is 0.386 e. The number of benzene rings is 3. The fourth-order valence-electron chi connectivity index (χ4n) is 3.37. The van der Waals surface area contributed by atoms with E-state index in [0.717, 1.165) is 22.3 Å². The average Bonchev–Trinajstić information content (AvgIpc) is 2.78. The van der Waals surface area contributed by atoms with Crippen LogP contribution in [-0.4, -0.2) is 20.1 Å². The van der Waals surface area contributed by atoms with Crippen molar-refractivity contribution >= 4 is 15.7 Å². The van der Waals surface area contributed by atoms with E-state index >= 15 is 0 Å². The molecule has 1 aliphatic heterocycles. The first-order chi connectivity index (χ1) is 12.5. The zero-order valence-electron chi connectivity index (χ0n) is 14.3. The van der Waals surface area contributed by atoms with E-state index < -0.39 is 16.1 Å². The molecule has 0 radical (unpaired) electrons. The SMILES string of the molecule is Cc1ccc(S(=O)(=O)N2CC(O)c3ccccc3-c3ccccc32)cc1. The van der Waals surface area contributed by atoms with E-state index in [1.54, 1.807) is 30.3 Å². The molecule has 0 bridgehead atoms. The summed E-state index contributed by atoms with van der Waals surface area (Å²) in [4.78, 5) is 0.219. The Morgan fingerprint density at radius 1 is 0.885 bits per heavy atom. The van der Waals surface area contributed by atoms with Crippen LogP contribution in [0.1, 0.15) is 17.2 Å². The fourth-order valence-corrected chi connectivity index (χ4v) is 4.86. The van der Waals surface area contributed by atoms with E-state index in [9.17, 15) is 13.5 Å². The number of para-hydroxylation sites is 1. The van der Waals surface area contributed by atoms with E-state index in [0.29, 0.717) is 5.69 Å². The van der Waals surface area contributed by atoms with E-state index in [4.69, 9.17) is 0 Å². The van der Waals surface area contributed by atoms with Crippen LogP contribution in [0, 0.1) is 6.92 Å². The lowest BCUT2D eigenvalue weighted by Crippen LogP contribution is -2.34. The molecule has 0 saturated carbocycles. The minimum atomic E-state index is -3.79. The fraction of sp³-hybridized carbons (Fsp3) is 0.143. The topological polar surface area (TPSA) is 57.6 Å². The predicted molar refractivity (Wildman–Crippen MR) is 103 cm³/mol. The van der Waals surface area contributed by atoms with Crippen LogP contribution in [-0.2, 0) is 10.0 Å². The molecule has 0 spiro atoms. The van der Waals surface area contributed by atoms with Crippen LogP contribution in [0.5, 0.6) is 0 Å². The molecule has 3 aromatic rings. The lowest BCUT2D eigenvalue weighted by molar-refractivity contribution is 0.189. The first kappa shape index (κ1) is 16.8. The quantitative estimate of drug-likeness (QED) is 0.749. The summed E-state index contributed by atoms with van der Waals surface area (Å²) in [5, 5.41) is 10.7. The highest BCUT2D eigenvalue weighted by molar-refractivity contribution is 7.92. The van der Waals surface area contributed by atoms with Gasteiger partial charge in [-0.15, -0.1) is 0 Å². The van der Waals surface area contributed by atoms with Crippen LogP contribution in [0.3, 0.4) is 0 Å². The van der Waals surface area contributed by atoms with Gasteiger partial charge in [-0.3, -0.25) is 4.31 Å². The summed E-state index contributed by atoms with van der Waals surface area (Å²) in [6.45, 7) is 1.89. The van der Waals surface area contributed by atoms with Crippen LogP contribution < -0.4 is 4.31 Å². The summed E-state index contributed by atoms with van der Waals surface area (Å²) < 4.78 is 28.0. The van der Waals surface area contributed by atoms with Crippen molar-refractivity contribution in [1.82, 2.24) is 0 Å². The molecule has 26 heavy (non-hydrogen) atoms. The third kappa shape index (κ3) is 2.69. The Balaban J connectivity index is 1.92. The van der Waals surface area contributed by atoms with Gasteiger partial charge in [0.05, 0.1) is 23.2 Å². The average molecular weight is 365 g/mol. The van der Waals surface area contributed by atoms with Crippen LogP contribution >= 0.6 is 0 Å². The highest BCUT2D eigenvalue weighted by Gasteiger charge is 2.33. The monoisotopic (exact) mass is 365 g/mol. The lowest BCUT2D eigenvalue weighted by Gasteiger charge is -2.26. The molecule has 0 aromatic heterocycles. The molecule has 0 amide bonds. The standard InChI is InChI=1S/C21H19NO3S/c1-15-10-12-16(13-11-15)26(24,25)22-14-21(23)19-8-3-2-6-17(19)18-7-4-5-9-20(18)22/h2-13,21,23H,14H2,1H3. The van der Waals surface area contributed by atoms with Crippen LogP contribution in [0.4, 0.5) is 5.69 Å². The van der Waals surface area contributed by atoms with Crippen molar-refractivity contribution in [3.63, 3.8) is 0 Å². The van der Waals surface area contributed by atoms with E-state index in [2.05, 4.69) is 0 Å². The molecule has 4 nitrogen and oxygen atoms in total. The van der Waals surface area contributed by atoms with Crippen LogP contribution in [0.25, 0.3) is 11.1 Å². The molecule has 1 aliphatic rings. The molecule has 0 aliphatic carbocycles. The minimum absolute atomic E-state index is 0.0236.